The van der Waals surface area contributed by atoms with Crippen molar-refractivity contribution in [2.75, 3.05) is 0 Å². The second-order valence-corrected chi connectivity index (χ2v) is 3.67. The van der Waals surface area contributed by atoms with Crippen LogP contribution in [0.15, 0.2) is 34.6 Å². The molecule has 0 fully saturated rings. The summed E-state index contributed by atoms with van der Waals surface area (Å²) in [6.07, 6.45) is 1.94. The van der Waals surface area contributed by atoms with Crippen molar-refractivity contribution >= 4 is 18.0 Å². The van der Waals surface area contributed by atoms with E-state index in [-0.39, 0.29) is 4.90 Å². The Morgan fingerprint density at radius 3 is 3.00 bits per heavy atom. The first-order valence-corrected chi connectivity index (χ1v) is 4.90. The molecule has 1 aromatic carbocycles. The zero-order valence-corrected chi connectivity index (χ0v) is 8.29. The number of benzene rings is 1. The number of aromatic nitrogens is 3. The lowest BCUT2D eigenvalue weighted by atomic mass is 10.2. The molecule has 0 amide bonds. The summed E-state index contributed by atoms with van der Waals surface area (Å²) in [7, 11) is 0. The van der Waals surface area contributed by atoms with Crippen LogP contribution in [0, 0.1) is 5.82 Å². The molecule has 1 aromatic heterocycles. The Hall–Kier alpha value is -1.69. The van der Waals surface area contributed by atoms with Crippen molar-refractivity contribution in [3.05, 3.63) is 35.9 Å². The van der Waals surface area contributed by atoms with Crippen LogP contribution < -0.4 is 0 Å². The van der Waals surface area contributed by atoms with E-state index in [1.807, 2.05) is 0 Å². The van der Waals surface area contributed by atoms with E-state index in [0.717, 1.165) is 11.8 Å². The summed E-state index contributed by atoms with van der Waals surface area (Å²) in [5.74, 6) is -0.444. The first-order valence-electron chi connectivity index (χ1n) is 4.08. The van der Waals surface area contributed by atoms with Gasteiger partial charge >= 0.3 is 0 Å². The van der Waals surface area contributed by atoms with E-state index in [2.05, 4.69) is 15.2 Å². The summed E-state index contributed by atoms with van der Waals surface area (Å²) in [4.78, 5) is 14.8. The molecular weight excluding hydrogens is 217 g/mol. The smallest absolute Gasteiger partial charge is 0.188 e. The molecule has 1 N–H and O–H groups in total. The highest BCUT2D eigenvalue weighted by molar-refractivity contribution is 7.99. The molecule has 2 aromatic rings. The number of halogens is 1. The van der Waals surface area contributed by atoms with Crippen molar-refractivity contribution < 1.29 is 9.18 Å². The molecule has 0 saturated heterocycles. The number of carbonyl (C=O) groups excluding carboxylic acids is 1. The van der Waals surface area contributed by atoms with Gasteiger partial charge in [0.15, 0.2) is 11.4 Å². The zero-order chi connectivity index (χ0) is 10.7. The molecule has 2 rings (SSSR count). The van der Waals surface area contributed by atoms with Crippen molar-refractivity contribution in [3.8, 4) is 0 Å². The average molecular weight is 223 g/mol. The van der Waals surface area contributed by atoms with Gasteiger partial charge < -0.3 is 0 Å². The highest BCUT2D eigenvalue weighted by atomic mass is 32.2. The zero-order valence-electron chi connectivity index (χ0n) is 7.48. The maximum Gasteiger partial charge on any atom is 0.188 e. The first kappa shape index (κ1) is 9.85. The molecule has 0 atom stereocenters. The molecule has 76 valence electrons. The summed E-state index contributed by atoms with van der Waals surface area (Å²) >= 11 is 1.04. The Labute approximate surface area is 88.9 Å². The molecule has 6 heteroatoms. The third-order valence-electron chi connectivity index (χ3n) is 1.72. The molecule has 0 saturated carbocycles. The number of nitrogens with zero attached hydrogens (tertiary/aromatic N) is 2. The Morgan fingerprint density at radius 1 is 1.47 bits per heavy atom. The quantitative estimate of drug-likeness (QED) is 0.807. The fraction of sp³-hybridized carbons (Fsp3) is 0. The number of hydrogen-bond donors (Lipinski definition) is 1. The molecule has 0 aliphatic rings. The van der Waals surface area contributed by atoms with E-state index in [1.165, 1.54) is 18.5 Å². The minimum absolute atomic E-state index is 0.254. The Morgan fingerprint density at radius 2 is 2.33 bits per heavy atom. The minimum atomic E-state index is -0.444. The van der Waals surface area contributed by atoms with Crippen LogP contribution >= 0.6 is 11.8 Å². The molecule has 4 nitrogen and oxygen atoms in total. The van der Waals surface area contributed by atoms with E-state index >= 15 is 0 Å². The Bertz CT molecular complexity index is 472. The number of aromatic amines is 1. The maximum atomic E-state index is 13.4. The highest BCUT2D eigenvalue weighted by Crippen LogP contribution is 2.29. The average Bonchev–Trinajstić information content (AvgIpc) is 2.74. The van der Waals surface area contributed by atoms with E-state index < -0.39 is 5.82 Å². The summed E-state index contributed by atoms with van der Waals surface area (Å²) in [6.45, 7) is 0. The van der Waals surface area contributed by atoms with E-state index in [9.17, 15) is 9.18 Å². The van der Waals surface area contributed by atoms with Gasteiger partial charge in [0.2, 0.25) is 0 Å². The van der Waals surface area contributed by atoms with Crippen LogP contribution in [-0.2, 0) is 0 Å². The number of hydrogen-bond acceptors (Lipinski definition) is 4. The molecule has 0 radical (unpaired) electrons. The second-order valence-electron chi connectivity index (χ2n) is 2.67. The normalized spacial score (nSPS) is 10.2. The van der Waals surface area contributed by atoms with Crippen molar-refractivity contribution in [3.63, 3.8) is 0 Å². The summed E-state index contributed by atoms with van der Waals surface area (Å²) in [5, 5.41) is 6.67. The lowest BCUT2D eigenvalue weighted by molar-refractivity contribution is 0.112. The second kappa shape index (κ2) is 4.22. The molecule has 0 spiro atoms. The number of carbonyl (C=O) groups is 1. The maximum absolute atomic E-state index is 13.4. The van der Waals surface area contributed by atoms with E-state index in [4.69, 9.17) is 0 Å². The van der Waals surface area contributed by atoms with Crippen molar-refractivity contribution in [1.29, 1.82) is 0 Å². The fourth-order valence-electron chi connectivity index (χ4n) is 1.07. The monoisotopic (exact) mass is 223 g/mol. The Balaban J connectivity index is 2.38. The number of aldehydes is 1. The van der Waals surface area contributed by atoms with Crippen molar-refractivity contribution in [1.82, 2.24) is 15.2 Å². The molecule has 15 heavy (non-hydrogen) atoms. The number of rotatable bonds is 3. The van der Waals surface area contributed by atoms with Crippen molar-refractivity contribution in [2.24, 2.45) is 0 Å². The first-order chi connectivity index (χ1) is 7.31. The van der Waals surface area contributed by atoms with Gasteiger partial charge in [0.05, 0.1) is 4.90 Å². The van der Waals surface area contributed by atoms with Crippen molar-refractivity contribution in [2.45, 2.75) is 10.1 Å². The highest BCUT2D eigenvalue weighted by Gasteiger charge is 2.10. The molecule has 0 bridgehead atoms. The molecular formula is C9H6FN3OS. The van der Waals surface area contributed by atoms with Gasteiger partial charge in [-0.3, -0.25) is 9.89 Å². The molecule has 0 unspecified atom stereocenters. The largest absolute Gasteiger partial charge is 0.298 e. The number of nitrogens with one attached hydrogen (secondary N) is 1. The van der Waals surface area contributed by atoms with Gasteiger partial charge in [0.1, 0.15) is 12.1 Å². The third kappa shape index (κ3) is 2.04. The van der Waals surface area contributed by atoms with Crippen LogP contribution in [0.2, 0.25) is 0 Å². The van der Waals surface area contributed by atoms with E-state index in [0.29, 0.717) is 17.0 Å². The van der Waals surface area contributed by atoms with Crippen LogP contribution in [0.5, 0.6) is 0 Å². The third-order valence-corrected chi connectivity index (χ3v) is 2.74. The fourth-order valence-corrected chi connectivity index (χ4v) is 1.86. The lowest BCUT2D eigenvalue weighted by Gasteiger charge is -2.02. The molecule has 1 heterocycles. The summed E-state index contributed by atoms with van der Waals surface area (Å²) < 4.78 is 13.4. The van der Waals surface area contributed by atoms with Gasteiger partial charge in [-0.15, -0.1) is 0 Å². The summed E-state index contributed by atoms with van der Waals surface area (Å²) in [6, 6.07) is 4.34. The van der Waals surface area contributed by atoms with Gasteiger partial charge in [-0.1, -0.05) is 12.1 Å². The topological polar surface area (TPSA) is 58.6 Å². The molecule has 0 aliphatic carbocycles. The van der Waals surface area contributed by atoms with Gasteiger partial charge in [-0.05, 0) is 17.8 Å². The van der Waals surface area contributed by atoms with Gasteiger partial charge in [0, 0.05) is 5.56 Å². The van der Waals surface area contributed by atoms with Gasteiger partial charge in [-0.2, -0.15) is 5.10 Å². The predicted molar refractivity (Wildman–Crippen MR) is 52.3 cm³/mol. The number of H-pyrrole nitrogens is 1. The Kier molecular flexibility index (Phi) is 2.77. The lowest BCUT2D eigenvalue weighted by Crippen LogP contribution is -1.90. The standard InChI is InChI=1S/C9H6FN3OS/c10-7-3-1-2-6(4-14)8(7)15-9-11-5-12-13-9/h1-5H,(H,11,12,13). The van der Waals surface area contributed by atoms with Crippen LogP contribution in [0.3, 0.4) is 0 Å². The van der Waals surface area contributed by atoms with Crippen LogP contribution in [-0.4, -0.2) is 21.5 Å². The van der Waals surface area contributed by atoms with Crippen LogP contribution in [0.1, 0.15) is 10.4 Å². The molecule has 0 aliphatic heterocycles. The van der Waals surface area contributed by atoms with Crippen LogP contribution in [0.25, 0.3) is 0 Å². The predicted octanol–water partition coefficient (Wildman–Crippen LogP) is 1.91. The van der Waals surface area contributed by atoms with Gasteiger partial charge in [0.25, 0.3) is 0 Å². The van der Waals surface area contributed by atoms with Gasteiger partial charge in [-0.25, -0.2) is 9.37 Å². The SMILES string of the molecule is O=Cc1cccc(F)c1Sc1ncn[nH]1. The summed E-state index contributed by atoms with van der Waals surface area (Å²) in [5.41, 5.74) is 0.302. The van der Waals surface area contributed by atoms with Crippen LogP contribution in [0.4, 0.5) is 4.39 Å². The minimum Gasteiger partial charge on any atom is -0.298 e. The van der Waals surface area contributed by atoms with E-state index in [1.54, 1.807) is 6.07 Å².